The predicted molar refractivity (Wildman–Crippen MR) is 83.1 cm³/mol. The van der Waals surface area contributed by atoms with Crippen LogP contribution in [-0.2, 0) is 17.3 Å². The molecule has 0 radical (unpaired) electrons. The number of fused-ring (bicyclic) bond motifs is 2. The minimum absolute atomic E-state index is 0.252. The SMILES string of the molecule is CC1(C)CCC(C)(C)c2cc3c(cc21)CC(Br)=CO3. The Balaban J connectivity index is 2.19. The van der Waals surface area contributed by atoms with Crippen molar-refractivity contribution in [2.24, 2.45) is 0 Å². The lowest BCUT2D eigenvalue weighted by molar-refractivity contribution is 0.329. The number of benzene rings is 1. The Hall–Kier alpha value is -0.760. The van der Waals surface area contributed by atoms with Crippen LogP contribution in [-0.4, -0.2) is 0 Å². The van der Waals surface area contributed by atoms with E-state index >= 15 is 0 Å². The zero-order valence-electron chi connectivity index (χ0n) is 12.1. The van der Waals surface area contributed by atoms with Crippen LogP contribution in [0.3, 0.4) is 0 Å². The number of hydrogen-bond acceptors (Lipinski definition) is 1. The van der Waals surface area contributed by atoms with E-state index in [4.69, 9.17) is 4.74 Å². The van der Waals surface area contributed by atoms with Crippen molar-refractivity contribution in [1.29, 1.82) is 0 Å². The van der Waals surface area contributed by atoms with Gasteiger partial charge < -0.3 is 4.74 Å². The molecule has 0 aromatic heterocycles. The normalized spacial score (nSPS) is 22.9. The minimum Gasteiger partial charge on any atom is -0.464 e. The van der Waals surface area contributed by atoms with Crippen molar-refractivity contribution < 1.29 is 4.74 Å². The lowest BCUT2D eigenvalue weighted by atomic mass is 9.63. The van der Waals surface area contributed by atoms with Crippen molar-refractivity contribution in [3.63, 3.8) is 0 Å². The van der Waals surface area contributed by atoms with Gasteiger partial charge in [0.05, 0.1) is 0 Å². The summed E-state index contributed by atoms with van der Waals surface area (Å²) in [6, 6.07) is 4.65. The van der Waals surface area contributed by atoms with E-state index < -0.39 is 0 Å². The van der Waals surface area contributed by atoms with Crippen molar-refractivity contribution in [2.45, 2.75) is 57.8 Å². The molecule has 0 amide bonds. The summed E-state index contributed by atoms with van der Waals surface area (Å²) in [5.41, 5.74) is 4.80. The van der Waals surface area contributed by atoms with Crippen molar-refractivity contribution in [2.75, 3.05) is 0 Å². The highest BCUT2D eigenvalue weighted by Crippen LogP contribution is 2.48. The quantitative estimate of drug-likeness (QED) is 0.637. The molecule has 0 saturated heterocycles. The Bertz CT molecular complexity index is 567. The molecule has 0 N–H and O–H groups in total. The fraction of sp³-hybridized carbons (Fsp3) is 0.529. The first-order chi connectivity index (χ1) is 8.79. The van der Waals surface area contributed by atoms with Crippen LogP contribution < -0.4 is 4.74 Å². The van der Waals surface area contributed by atoms with Gasteiger partial charge in [-0.1, -0.05) is 49.7 Å². The molecule has 0 spiro atoms. The molecule has 0 atom stereocenters. The van der Waals surface area contributed by atoms with E-state index in [9.17, 15) is 0 Å². The van der Waals surface area contributed by atoms with Gasteiger partial charge in [-0.25, -0.2) is 0 Å². The van der Waals surface area contributed by atoms with Crippen LogP contribution in [0.5, 0.6) is 5.75 Å². The maximum atomic E-state index is 5.75. The molecule has 1 aliphatic heterocycles. The summed E-state index contributed by atoms with van der Waals surface area (Å²) in [5.74, 6) is 1.03. The van der Waals surface area contributed by atoms with E-state index in [1.54, 1.807) is 0 Å². The molecule has 0 bridgehead atoms. The average Bonchev–Trinajstić information content (AvgIpc) is 2.33. The van der Waals surface area contributed by atoms with Crippen LogP contribution in [0.4, 0.5) is 0 Å². The van der Waals surface area contributed by atoms with Crippen molar-refractivity contribution in [3.8, 4) is 5.75 Å². The first-order valence-electron chi connectivity index (χ1n) is 6.99. The van der Waals surface area contributed by atoms with Gasteiger partial charge in [0.25, 0.3) is 0 Å². The highest BCUT2D eigenvalue weighted by molar-refractivity contribution is 9.11. The number of halogens is 1. The Morgan fingerprint density at radius 3 is 2.21 bits per heavy atom. The number of allylic oxidation sites excluding steroid dienone is 1. The van der Waals surface area contributed by atoms with E-state index in [1.807, 2.05) is 6.26 Å². The third-order valence-corrected chi connectivity index (χ3v) is 5.17. The summed E-state index contributed by atoms with van der Waals surface area (Å²) in [6.45, 7) is 9.42. The third kappa shape index (κ3) is 2.14. The molecular formula is C17H21BrO. The van der Waals surface area contributed by atoms with Crippen LogP contribution in [0.1, 0.15) is 57.2 Å². The first-order valence-corrected chi connectivity index (χ1v) is 7.78. The zero-order chi connectivity index (χ0) is 13.8. The molecule has 0 unspecified atom stereocenters. The lowest BCUT2D eigenvalue weighted by Gasteiger charge is -2.42. The molecule has 102 valence electrons. The maximum Gasteiger partial charge on any atom is 0.130 e. The van der Waals surface area contributed by atoms with Crippen molar-refractivity contribution >= 4 is 15.9 Å². The maximum absolute atomic E-state index is 5.75. The van der Waals surface area contributed by atoms with Gasteiger partial charge in [0.1, 0.15) is 12.0 Å². The second-order valence-corrected chi connectivity index (χ2v) is 8.15. The molecule has 1 aromatic carbocycles. The fourth-order valence-electron chi connectivity index (χ4n) is 3.24. The van der Waals surface area contributed by atoms with Gasteiger partial charge >= 0.3 is 0 Å². The van der Waals surface area contributed by atoms with Crippen molar-refractivity contribution in [3.05, 3.63) is 39.6 Å². The van der Waals surface area contributed by atoms with E-state index in [-0.39, 0.29) is 10.8 Å². The number of ether oxygens (including phenoxy) is 1. The summed E-state index contributed by atoms with van der Waals surface area (Å²) < 4.78 is 6.87. The van der Waals surface area contributed by atoms with E-state index in [2.05, 4.69) is 55.8 Å². The van der Waals surface area contributed by atoms with Crippen LogP contribution in [0.15, 0.2) is 22.9 Å². The molecular weight excluding hydrogens is 300 g/mol. The summed E-state index contributed by atoms with van der Waals surface area (Å²) in [6.07, 6.45) is 5.25. The largest absolute Gasteiger partial charge is 0.464 e. The molecule has 0 saturated carbocycles. The Labute approximate surface area is 124 Å². The van der Waals surface area contributed by atoms with Crippen molar-refractivity contribution in [1.82, 2.24) is 0 Å². The molecule has 2 heteroatoms. The van der Waals surface area contributed by atoms with Gasteiger partial charge in [0.15, 0.2) is 0 Å². The van der Waals surface area contributed by atoms with E-state index in [0.29, 0.717) is 0 Å². The van der Waals surface area contributed by atoms with Gasteiger partial charge in [-0.15, -0.1) is 0 Å². The molecule has 1 aromatic rings. The topological polar surface area (TPSA) is 9.23 Å². The lowest BCUT2D eigenvalue weighted by Crippen LogP contribution is -2.34. The molecule has 2 aliphatic rings. The smallest absolute Gasteiger partial charge is 0.130 e. The fourth-order valence-corrected chi connectivity index (χ4v) is 3.63. The molecule has 1 nitrogen and oxygen atoms in total. The zero-order valence-corrected chi connectivity index (χ0v) is 13.7. The van der Waals surface area contributed by atoms with Gasteiger partial charge in [0, 0.05) is 16.5 Å². The Morgan fingerprint density at radius 1 is 1.00 bits per heavy atom. The van der Waals surface area contributed by atoms with E-state index in [1.165, 1.54) is 29.5 Å². The van der Waals surface area contributed by atoms with E-state index in [0.717, 1.165) is 16.7 Å². The number of hydrogen-bond donors (Lipinski definition) is 0. The summed E-state index contributed by atoms with van der Waals surface area (Å²) >= 11 is 3.54. The monoisotopic (exact) mass is 320 g/mol. The molecule has 1 heterocycles. The molecule has 1 aliphatic carbocycles. The summed E-state index contributed by atoms with van der Waals surface area (Å²) in [4.78, 5) is 0. The van der Waals surface area contributed by atoms with Crippen LogP contribution in [0.25, 0.3) is 0 Å². The standard InChI is InChI=1S/C17H21BrO/c1-16(2)5-6-17(3,4)14-9-15-11(8-13(14)16)7-12(18)10-19-15/h8-10H,5-7H2,1-4H3. The predicted octanol–water partition coefficient (Wildman–Crippen LogP) is 5.21. The Morgan fingerprint density at radius 2 is 1.58 bits per heavy atom. The highest BCUT2D eigenvalue weighted by Gasteiger charge is 2.38. The average molecular weight is 321 g/mol. The van der Waals surface area contributed by atoms with Gasteiger partial charge in [0.2, 0.25) is 0 Å². The van der Waals surface area contributed by atoms with Crippen LogP contribution in [0.2, 0.25) is 0 Å². The highest BCUT2D eigenvalue weighted by atomic mass is 79.9. The first kappa shape index (κ1) is 13.2. The van der Waals surface area contributed by atoms with Gasteiger partial charge in [-0.3, -0.25) is 0 Å². The van der Waals surface area contributed by atoms with Crippen LogP contribution >= 0.6 is 15.9 Å². The second-order valence-electron chi connectivity index (χ2n) is 7.13. The van der Waals surface area contributed by atoms with Crippen LogP contribution in [0, 0.1) is 0 Å². The third-order valence-electron chi connectivity index (χ3n) is 4.71. The minimum atomic E-state index is 0.252. The summed E-state index contributed by atoms with van der Waals surface area (Å²) in [5, 5.41) is 0. The van der Waals surface area contributed by atoms with Gasteiger partial charge in [-0.05, 0) is 40.9 Å². The molecule has 3 rings (SSSR count). The van der Waals surface area contributed by atoms with Gasteiger partial charge in [-0.2, -0.15) is 0 Å². The number of rotatable bonds is 0. The molecule has 0 fully saturated rings. The second kappa shape index (κ2) is 4.12. The Kier molecular flexibility index (Phi) is 2.87. The summed E-state index contributed by atoms with van der Waals surface area (Å²) in [7, 11) is 0. The molecule has 19 heavy (non-hydrogen) atoms.